The Balaban J connectivity index is 2.35. The van der Waals surface area contributed by atoms with Crippen molar-refractivity contribution in [3.63, 3.8) is 0 Å². The van der Waals surface area contributed by atoms with Crippen molar-refractivity contribution in [2.45, 2.75) is 13.3 Å². The van der Waals surface area contributed by atoms with Gasteiger partial charge in [-0.3, -0.25) is 4.98 Å². The van der Waals surface area contributed by atoms with Crippen molar-refractivity contribution in [1.29, 1.82) is 5.26 Å². The lowest BCUT2D eigenvalue weighted by Gasteiger charge is -2.07. The highest BCUT2D eigenvalue weighted by molar-refractivity contribution is 5.63. The van der Waals surface area contributed by atoms with Gasteiger partial charge in [0, 0.05) is 11.8 Å². The number of nitriles is 1. The third-order valence-corrected chi connectivity index (χ3v) is 2.78. The molecule has 0 spiro atoms. The Morgan fingerprint density at radius 2 is 2.00 bits per heavy atom. The molecule has 0 atom stereocenters. The number of aromatic nitrogens is 1. The van der Waals surface area contributed by atoms with E-state index in [4.69, 9.17) is 10.00 Å². The number of aryl methyl sites for hydroxylation is 1. The molecule has 0 bridgehead atoms. The van der Waals surface area contributed by atoms with E-state index in [9.17, 15) is 0 Å². The molecule has 3 heteroatoms. The number of ether oxygens (including phenoxy) is 1. The zero-order chi connectivity index (χ0) is 13.0. The fourth-order valence-electron chi connectivity index (χ4n) is 1.87. The maximum atomic E-state index is 8.66. The molecule has 0 amide bonds. The summed E-state index contributed by atoms with van der Waals surface area (Å²) in [7, 11) is 1.65. The molecule has 1 aromatic heterocycles. The summed E-state index contributed by atoms with van der Waals surface area (Å²) in [4.78, 5) is 4.43. The quantitative estimate of drug-likeness (QED) is 0.825. The first-order chi connectivity index (χ1) is 8.74. The van der Waals surface area contributed by atoms with Gasteiger partial charge in [-0.1, -0.05) is 6.07 Å². The molecule has 0 aliphatic heterocycles. The van der Waals surface area contributed by atoms with Gasteiger partial charge in [0.2, 0.25) is 0 Å². The first-order valence-electron chi connectivity index (χ1n) is 5.71. The van der Waals surface area contributed by atoms with Crippen LogP contribution in [0.1, 0.15) is 11.1 Å². The molecular formula is C15H14N2O. The van der Waals surface area contributed by atoms with Crippen LogP contribution in [-0.4, -0.2) is 12.1 Å². The van der Waals surface area contributed by atoms with Crippen molar-refractivity contribution in [3.05, 3.63) is 47.7 Å². The predicted octanol–water partition coefficient (Wildman–Crippen LogP) is 3.13. The minimum Gasteiger partial charge on any atom is -0.497 e. The average Bonchev–Trinajstić information content (AvgIpc) is 2.40. The van der Waals surface area contributed by atoms with Crippen molar-refractivity contribution in [2.75, 3.05) is 7.11 Å². The van der Waals surface area contributed by atoms with Crippen LogP contribution in [0, 0.1) is 18.3 Å². The highest BCUT2D eigenvalue weighted by Gasteiger charge is 2.05. The first-order valence-corrected chi connectivity index (χ1v) is 5.71. The second-order valence-corrected chi connectivity index (χ2v) is 4.07. The number of methoxy groups -OCH3 is 1. The number of benzene rings is 1. The minimum atomic E-state index is 0.400. The molecule has 1 aromatic carbocycles. The highest BCUT2D eigenvalue weighted by Crippen LogP contribution is 2.24. The maximum Gasteiger partial charge on any atom is 0.118 e. The number of nitrogens with zero attached hydrogens (tertiary/aromatic N) is 2. The normalized spacial score (nSPS) is 9.83. The molecule has 3 nitrogen and oxygen atoms in total. The van der Waals surface area contributed by atoms with Crippen LogP contribution >= 0.6 is 0 Å². The van der Waals surface area contributed by atoms with E-state index >= 15 is 0 Å². The van der Waals surface area contributed by atoms with Gasteiger partial charge in [-0.05, 0) is 42.3 Å². The Labute approximate surface area is 107 Å². The van der Waals surface area contributed by atoms with Gasteiger partial charge in [0.25, 0.3) is 0 Å². The average molecular weight is 238 g/mol. The van der Waals surface area contributed by atoms with E-state index in [0.717, 1.165) is 28.1 Å². The lowest BCUT2D eigenvalue weighted by atomic mass is 10.0. The van der Waals surface area contributed by atoms with Crippen LogP contribution in [0.3, 0.4) is 0 Å². The number of rotatable bonds is 3. The molecule has 0 fully saturated rings. The van der Waals surface area contributed by atoms with E-state index in [1.807, 2.05) is 37.3 Å². The molecule has 0 saturated carbocycles. The van der Waals surface area contributed by atoms with E-state index in [-0.39, 0.29) is 0 Å². The molecule has 0 N–H and O–H groups in total. The summed E-state index contributed by atoms with van der Waals surface area (Å²) >= 11 is 0. The summed E-state index contributed by atoms with van der Waals surface area (Å²) in [6.07, 6.45) is 2.16. The van der Waals surface area contributed by atoms with E-state index in [2.05, 4.69) is 11.1 Å². The SMILES string of the molecule is COc1ccc(-c2ncc(CC#N)cc2C)cc1. The van der Waals surface area contributed by atoms with E-state index in [1.165, 1.54) is 0 Å². The lowest BCUT2D eigenvalue weighted by Crippen LogP contribution is -1.92. The summed E-state index contributed by atoms with van der Waals surface area (Å²) < 4.78 is 5.13. The maximum absolute atomic E-state index is 8.66. The van der Waals surface area contributed by atoms with Crippen molar-refractivity contribution < 1.29 is 4.74 Å². The molecular weight excluding hydrogens is 224 g/mol. The van der Waals surface area contributed by atoms with Crippen LogP contribution in [-0.2, 0) is 6.42 Å². The van der Waals surface area contributed by atoms with Gasteiger partial charge < -0.3 is 4.74 Å². The summed E-state index contributed by atoms with van der Waals surface area (Å²) in [5, 5.41) is 8.66. The molecule has 90 valence electrons. The topological polar surface area (TPSA) is 45.9 Å². The van der Waals surface area contributed by atoms with Crippen LogP contribution in [0.25, 0.3) is 11.3 Å². The summed E-state index contributed by atoms with van der Waals surface area (Å²) in [5.41, 5.74) is 4.02. The Morgan fingerprint density at radius 3 is 2.56 bits per heavy atom. The second kappa shape index (κ2) is 5.33. The fraction of sp³-hybridized carbons (Fsp3) is 0.200. The smallest absolute Gasteiger partial charge is 0.118 e. The first kappa shape index (κ1) is 12.1. The summed E-state index contributed by atoms with van der Waals surface area (Å²) in [6, 6.07) is 11.9. The number of hydrogen-bond acceptors (Lipinski definition) is 3. The van der Waals surface area contributed by atoms with Crippen LogP contribution in [0.4, 0.5) is 0 Å². The molecule has 0 unspecified atom stereocenters. The molecule has 2 aromatic rings. The Hall–Kier alpha value is -2.34. The third-order valence-electron chi connectivity index (χ3n) is 2.78. The van der Waals surface area contributed by atoms with Gasteiger partial charge in [-0.2, -0.15) is 5.26 Å². The van der Waals surface area contributed by atoms with E-state index in [1.54, 1.807) is 13.3 Å². The monoisotopic (exact) mass is 238 g/mol. The molecule has 0 aliphatic carbocycles. The van der Waals surface area contributed by atoms with Crippen LogP contribution < -0.4 is 4.74 Å². The number of pyridine rings is 1. The second-order valence-electron chi connectivity index (χ2n) is 4.07. The fourth-order valence-corrected chi connectivity index (χ4v) is 1.87. The predicted molar refractivity (Wildman–Crippen MR) is 70.3 cm³/mol. The van der Waals surface area contributed by atoms with Crippen LogP contribution in [0.5, 0.6) is 5.75 Å². The van der Waals surface area contributed by atoms with Gasteiger partial charge in [0.1, 0.15) is 5.75 Å². The van der Waals surface area contributed by atoms with Gasteiger partial charge >= 0.3 is 0 Å². The van der Waals surface area contributed by atoms with Crippen molar-refractivity contribution in [2.24, 2.45) is 0 Å². The highest BCUT2D eigenvalue weighted by atomic mass is 16.5. The van der Waals surface area contributed by atoms with E-state index in [0.29, 0.717) is 6.42 Å². The Bertz CT molecular complexity index is 582. The zero-order valence-electron chi connectivity index (χ0n) is 10.5. The molecule has 2 rings (SSSR count). The summed E-state index contributed by atoms with van der Waals surface area (Å²) in [5.74, 6) is 0.831. The molecule has 18 heavy (non-hydrogen) atoms. The lowest BCUT2D eigenvalue weighted by molar-refractivity contribution is 0.415. The van der Waals surface area contributed by atoms with Crippen molar-refractivity contribution >= 4 is 0 Å². The molecule has 1 heterocycles. The Kier molecular flexibility index (Phi) is 3.59. The number of hydrogen-bond donors (Lipinski definition) is 0. The van der Waals surface area contributed by atoms with E-state index < -0.39 is 0 Å². The van der Waals surface area contributed by atoms with Gasteiger partial charge in [-0.25, -0.2) is 0 Å². The van der Waals surface area contributed by atoms with Crippen LogP contribution in [0.2, 0.25) is 0 Å². The van der Waals surface area contributed by atoms with Crippen molar-refractivity contribution in [1.82, 2.24) is 4.98 Å². The van der Waals surface area contributed by atoms with Crippen molar-refractivity contribution in [3.8, 4) is 23.1 Å². The summed E-state index contributed by atoms with van der Waals surface area (Å²) in [6.45, 7) is 2.01. The zero-order valence-corrected chi connectivity index (χ0v) is 10.5. The minimum absolute atomic E-state index is 0.400. The molecule has 0 radical (unpaired) electrons. The molecule has 0 aliphatic rings. The van der Waals surface area contributed by atoms with Gasteiger partial charge in [0.05, 0.1) is 25.3 Å². The molecule has 0 saturated heterocycles. The largest absolute Gasteiger partial charge is 0.497 e. The van der Waals surface area contributed by atoms with Gasteiger partial charge in [0.15, 0.2) is 0 Å². The third kappa shape index (κ3) is 2.49. The standard InChI is InChI=1S/C15H14N2O/c1-11-9-12(7-8-16)10-17-15(11)13-3-5-14(18-2)6-4-13/h3-6,9-10H,7H2,1-2H3. The van der Waals surface area contributed by atoms with Crippen LogP contribution in [0.15, 0.2) is 36.5 Å². The Morgan fingerprint density at radius 1 is 1.28 bits per heavy atom. The van der Waals surface area contributed by atoms with Gasteiger partial charge in [-0.15, -0.1) is 0 Å².